The molecule has 1 aliphatic heterocycles. The summed E-state index contributed by atoms with van der Waals surface area (Å²) >= 11 is 0. The molecule has 120 valence electrons. The summed E-state index contributed by atoms with van der Waals surface area (Å²) in [5, 5.41) is 11.1. The molecule has 3 nitrogen and oxygen atoms in total. The Morgan fingerprint density at radius 1 is 1.35 bits per heavy atom. The van der Waals surface area contributed by atoms with E-state index in [1.54, 1.807) is 0 Å². The minimum absolute atomic E-state index is 0.269. The van der Waals surface area contributed by atoms with Gasteiger partial charge in [-0.2, -0.15) is 0 Å². The van der Waals surface area contributed by atoms with Crippen molar-refractivity contribution in [3.8, 4) is 0 Å². The van der Waals surface area contributed by atoms with Crippen molar-refractivity contribution in [1.82, 2.24) is 9.88 Å². The maximum atomic E-state index is 9.73. The lowest BCUT2D eigenvalue weighted by Crippen LogP contribution is -2.50. The lowest BCUT2D eigenvalue weighted by atomic mass is 9.72. The highest BCUT2D eigenvalue weighted by atomic mass is 16.3. The van der Waals surface area contributed by atoms with Crippen molar-refractivity contribution in [2.75, 3.05) is 19.7 Å². The lowest BCUT2D eigenvalue weighted by Gasteiger charge is -2.46. The molecule has 3 atom stereocenters. The maximum absolute atomic E-state index is 9.73. The molecular formula is C20H24N2O. The van der Waals surface area contributed by atoms with Gasteiger partial charge in [0.15, 0.2) is 0 Å². The fraction of sp³-hybridized carbons (Fsp3) is 0.400. The van der Waals surface area contributed by atoms with E-state index in [-0.39, 0.29) is 6.61 Å². The topological polar surface area (TPSA) is 39.3 Å². The number of hydrogen-bond acceptors (Lipinski definition) is 2. The summed E-state index contributed by atoms with van der Waals surface area (Å²) in [7, 11) is 0. The average molecular weight is 308 g/mol. The van der Waals surface area contributed by atoms with Gasteiger partial charge in [0.25, 0.3) is 0 Å². The molecule has 4 rings (SSSR count). The van der Waals surface area contributed by atoms with Gasteiger partial charge in [-0.25, -0.2) is 0 Å². The summed E-state index contributed by atoms with van der Waals surface area (Å²) in [5.74, 6) is 0.844. The third-order valence-electron chi connectivity index (χ3n) is 5.65. The number of rotatable bonds is 4. The minimum atomic E-state index is 0.269. The Hall–Kier alpha value is -1.84. The third kappa shape index (κ3) is 2.19. The van der Waals surface area contributed by atoms with Crippen molar-refractivity contribution in [2.45, 2.75) is 24.8 Å². The lowest BCUT2D eigenvalue weighted by molar-refractivity contribution is 0.0660. The molecule has 0 amide bonds. The van der Waals surface area contributed by atoms with Gasteiger partial charge >= 0.3 is 0 Å². The first-order valence-electron chi connectivity index (χ1n) is 8.48. The number of nitrogens with one attached hydrogen (secondary N) is 1. The smallest absolute Gasteiger partial charge is 0.0471 e. The van der Waals surface area contributed by atoms with Crippen LogP contribution >= 0.6 is 0 Å². The first-order valence-corrected chi connectivity index (χ1v) is 8.48. The molecular weight excluding hydrogens is 284 g/mol. The van der Waals surface area contributed by atoms with Gasteiger partial charge in [0.2, 0.25) is 0 Å². The van der Waals surface area contributed by atoms with Gasteiger partial charge in [-0.3, -0.25) is 4.90 Å². The molecule has 1 aromatic carbocycles. The van der Waals surface area contributed by atoms with Crippen LogP contribution in [0.4, 0.5) is 0 Å². The Morgan fingerprint density at radius 2 is 2.22 bits per heavy atom. The van der Waals surface area contributed by atoms with E-state index in [9.17, 15) is 5.11 Å². The number of aromatic nitrogens is 1. The maximum Gasteiger partial charge on any atom is 0.0471 e. The first-order chi connectivity index (χ1) is 11.3. The second kappa shape index (κ2) is 5.66. The second-order valence-corrected chi connectivity index (χ2v) is 6.90. The summed E-state index contributed by atoms with van der Waals surface area (Å²) in [6, 6.07) is 7.06. The Kier molecular flexibility index (Phi) is 3.63. The Balaban J connectivity index is 1.86. The second-order valence-electron chi connectivity index (χ2n) is 6.90. The Labute approximate surface area is 137 Å². The van der Waals surface area contributed by atoms with Crippen LogP contribution < -0.4 is 0 Å². The molecule has 2 heterocycles. The number of aromatic amines is 1. The quantitative estimate of drug-likeness (QED) is 0.851. The Morgan fingerprint density at radius 3 is 2.96 bits per heavy atom. The summed E-state index contributed by atoms with van der Waals surface area (Å²) in [6.45, 7) is 10.0. The standard InChI is InChI=1S/C20H24N2O/c1-3-8-22-11-13(12-23)9-15-14-6-5-7-18-20(14)16(10-19(15)22)17(4-2)21-18/h3-7,13,15,19,21,23H,1-2,8-12H2/t13?,15-,19-/m1/s1. The van der Waals surface area contributed by atoms with Crippen LogP contribution in [0.2, 0.25) is 0 Å². The number of fused-ring (bicyclic) bond motifs is 2. The third-order valence-corrected chi connectivity index (χ3v) is 5.65. The SMILES string of the molecule is C=CCN1CC(CO)C[C@@H]2c3cccc4[nH]c(C=C)c(c34)C[C@H]21. The van der Waals surface area contributed by atoms with Crippen LogP contribution in [0.1, 0.15) is 29.2 Å². The number of aliphatic hydroxyl groups excluding tert-OH is 1. The summed E-state index contributed by atoms with van der Waals surface area (Å²) in [4.78, 5) is 6.02. The van der Waals surface area contributed by atoms with E-state index in [2.05, 4.69) is 41.2 Å². The number of likely N-dealkylation sites (tertiary alicyclic amines) is 1. The molecule has 1 unspecified atom stereocenters. The number of benzene rings is 1. The molecule has 2 aromatic rings. The van der Waals surface area contributed by atoms with Gasteiger partial charge in [-0.05, 0) is 42.0 Å². The molecule has 1 saturated heterocycles. The highest BCUT2D eigenvalue weighted by Gasteiger charge is 2.40. The average Bonchev–Trinajstić information content (AvgIpc) is 2.95. The highest BCUT2D eigenvalue weighted by molar-refractivity contribution is 5.91. The van der Waals surface area contributed by atoms with Crippen molar-refractivity contribution < 1.29 is 5.11 Å². The van der Waals surface area contributed by atoms with Crippen LogP contribution in [-0.2, 0) is 6.42 Å². The number of hydrogen-bond donors (Lipinski definition) is 2. The monoisotopic (exact) mass is 308 g/mol. The zero-order valence-corrected chi connectivity index (χ0v) is 13.5. The van der Waals surface area contributed by atoms with E-state index < -0.39 is 0 Å². The van der Waals surface area contributed by atoms with E-state index >= 15 is 0 Å². The molecule has 1 aromatic heterocycles. The van der Waals surface area contributed by atoms with Crippen LogP contribution in [-0.4, -0.2) is 40.7 Å². The molecule has 23 heavy (non-hydrogen) atoms. The molecule has 1 fully saturated rings. The minimum Gasteiger partial charge on any atom is -0.396 e. The predicted molar refractivity (Wildman–Crippen MR) is 95.6 cm³/mol. The van der Waals surface area contributed by atoms with E-state index in [4.69, 9.17) is 0 Å². The molecule has 3 heteroatoms. The first kappa shape index (κ1) is 14.7. The van der Waals surface area contributed by atoms with Gasteiger partial charge in [-0.1, -0.05) is 24.8 Å². The van der Waals surface area contributed by atoms with Gasteiger partial charge in [-0.15, -0.1) is 6.58 Å². The van der Waals surface area contributed by atoms with Crippen LogP contribution in [0.3, 0.4) is 0 Å². The molecule has 0 bridgehead atoms. The Bertz CT molecular complexity index is 760. The van der Waals surface area contributed by atoms with Crippen molar-refractivity contribution in [1.29, 1.82) is 0 Å². The molecule has 0 saturated carbocycles. The summed E-state index contributed by atoms with van der Waals surface area (Å²) in [5.41, 5.74) is 5.22. The van der Waals surface area contributed by atoms with Crippen LogP contribution in [0, 0.1) is 5.92 Å². The van der Waals surface area contributed by atoms with Crippen molar-refractivity contribution in [2.24, 2.45) is 5.92 Å². The van der Waals surface area contributed by atoms with E-state index in [1.807, 2.05) is 12.2 Å². The van der Waals surface area contributed by atoms with Gasteiger partial charge in [0.1, 0.15) is 0 Å². The van der Waals surface area contributed by atoms with Crippen LogP contribution in [0.15, 0.2) is 37.4 Å². The largest absolute Gasteiger partial charge is 0.396 e. The number of aliphatic hydroxyl groups is 1. The van der Waals surface area contributed by atoms with Gasteiger partial charge < -0.3 is 10.1 Å². The van der Waals surface area contributed by atoms with Crippen LogP contribution in [0.25, 0.3) is 17.0 Å². The molecule has 2 N–H and O–H groups in total. The normalized spacial score (nSPS) is 26.9. The van der Waals surface area contributed by atoms with Crippen molar-refractivity contribution in [3.05, 3.63) is 54.3 Å². The van der Waals surface area contributed by atoms with Gasteiger partial charge in [0.05, 0.1) is 0 Å². The summed E-state index contributed by atoms with van der Waals surface area (Å²) < 4.78 is 0. The van der Waals surface area contributed by atoms with Crippen molar-refractivity contribution in [3.63, 3.8) is 0 Å². The fourth-order valence-corrected chi connectivity index (χ4v) is 4.70. The zero-order valence-electron chi connectivity index (χ0n) is 13.5. The molecule has 0 spiro atoms. The van der Waals surface area contributed by atoms with E-state index in [1.165, 1.54) is 22.0 Å². The predicted octanol–water partition coefficient (Wildman–Crippen LogP) is 3.32. The number of nitrogens with zero attached hydrogens (tertiary/aromatic N) is 1. The number of piperidine rings is 1. The zero-order chi connectivity index (χ0) is 16.0. The molecule has 2 aliphatic rings. The summed E-state index contributed by atoms with van der Waals surface area (Å²) in [6.07, 6.45) is 6.05. The van der Waals surface area contributed by atoms with Crippen LogP contribution in [0.5, 0.6) is 0 Å². The highest BCUT2D eigenvalue weighted by Crippen LogP contribution is 2.45. The number of H-pyrrole nitrogens is 1. The fourth-order valence-electron chi connectivity index (χ4n) is 4.70. The van der Waals surface area contributed by atoms with E-state index in [0.717, 1.165) is 31.6 Å². The van der Waals surface area contributed by atoms with Crippen molar-refractivity contribution >= 4 is 17.0 Å². The van der Waals surface area contributed by atoms with Gasteiger partial charge in [0, 0.05) is 48.3 Å². The molecule has 0 radical (unpaired) electrons. The molecule has 1 aliphatic carbocycles. The van der Waals surface area contributed by atoms with E-state index in [0.29, 0.717) is 17.9 Å².